The first-order chi connectivity index (χ1) is 33.9. The van der Waals surface area contributed by atoms with E-state index < -0.39 is 96.8 Å². The summed E-state index contributed by atoms with van der Waals surface area (Å²) < 4.78 is 0. The number of nitrogens with one attached hydrogen (secondary N) is 9. The Kier molecular flexibility index (Phi) is 19.9. The predicted octanol–water partition coefficient (Wildman–Crippen LogP) is -3.17. The Balaban J connectivity index is 1.39. The number of primary amides is 1. The summed E-state index contributed by atoms with van der Waals surface area (Å²) in [4.78, 5) is 156. The molecule has 1 aliphatic rings. The third kappa shape index (κ3) is 17.5. The molecule has 0 aliphatic carbocycles. The van der Waals surface area contributed by atoms with Gasteiger partial charge in [-0.05, 0) is 36.1 Å². The average molecular weight is 985 g/mol. The number of hydrogen-bond acceptors (Lipinski definition) is 13. The Hall–Kier alpha value is -8.45. The van der Waals surface area contributed by atoms with Gasteiger partial charge in [0.05, 0.1) is 38.6 Å². The molecule has 0 spiro atoms. The van der Waals surface area contributed by atoms with Crippen LogP contribution in [-0.2, 0) is 75.5 Å². The van der Waals surface area contributed by atoms with Gasteiger partial charge in [0.2, 0.25) is 59.1 Å². The zero-order valence-electron chi connectivity index (χ0n) is 39.7. The molecule has 380 valence electrons. The standard InChI is InChI=1S/C45H60N16O10/c1-27(62)56-36(13-33-16-47-24-53-33)43(69)50-19-39(65)59-6-4-8-60(40(66)20-51-44(70)37(57-28(2)63)14-34-17-48-25-54-34)22-30-10-31(12-32(11-30)42(46)68)23-61(9-5-7-59)41(67)21-52-45(71)38(58-29(3)64)15-35-18-49-26-55-35/h10-12,16-18,24-26,36-38H,4-9,13-15,19-23H2,1-3H3,(H2,46,68)(H,47,53)(H,48,54)(H,49,55)(H,50,69)(H,51,70)(H,52,71)(H,56,62)(H,57,63)(H,58,64)/t36-,37-,38-/m0/s1. The Morgan fingerprint density at radius 2 is 0.845 bits per heavy atom. The largest absolute Gasteiger partial charge is 0.366 e. The molecule has 26 nitrogen and oxygen atoms in total. The fourth-order valence-electron chi connectivity index (χ4n) is 7.78. The normalized spacial score (nSPS) is 14.4. The summed E-state index contributed by atoms with van der Waals surface area (Å²) in [5, 5.41) is 15.6. The van der Waals surface area contributed by atoms with Crippen molar-refractivity contribution in [3.8, 4) is 0 Å². The van der Waals surface area contributed by atoms with Crippen molar-refractivity contribution in [1.82, 2.24) is 76.5 Å². The molecule has 3 atom stereocenters. The first-order valence-electron chi connectivity index (χ1n) is 22.8. The van der Waals surface area contributed by atoms with Crippen LogP contribution in [-0.4, -0.2) is 168 Å². The van der Waals surface area contributed by atoms with Crippen molar-refractivity contribution in [2.45, 2.75) is 84.1 Å². The first-order valence-corrected chi connectivity index (χ1v) is 22.8. The number of imidazole rings is 3. The van der Waals surface area contributed by atoms with E-state index in [0.29, 0.717) is 28.2 Å². The maximum absolute atomic E-state index is 14.1. The summed E-state index contributed by atoms with van der Waals surface area (Å²) in [5.41, 5.74) is 8.44. The lowest BCUT2D eigenvalue weighted by molar-refractivity contribution is -0.135. The van der Waals surface area contributed by atoms with Crippen molar-refractivity contribution in [3.05, 3.63) is 89.5 Å². The summed E-state index contributed by atoms with van der Waals surface area (Å²) in [5.74, 6) is -5.73. The van der Waals surface area contributed by atoms with Crippen LogP contribution in [0.4, 0.5) is 0 Å². The lowest BCUT2D eigenvalue weighted by Gasteiger charge is -2.30. The van der Waals surface area contributed by atoms with Crippen molar-refractivity contribution in [1.29, 1.82) is 0 Å². The molecule has 0 saturated heterocycles. The van der Waals surface area contributed by atoms with Gasteiger partial charge >= 0.3 is 0 Å². The number of nitrogens with two attached hydrogens (primary N) is 1. The molecule has 0 saturated carbocycles. The number of carbonyl (C=O) groups is 10. The summed E-state index contributed by atoms with van der Waals surface area (Å²) in [6, 6.07) is 1.57. The monoisotopic (exact) mass is 984 g/mol. The number of amides is 10. The molecule has 1 aromatic carbocycles. The van der Waals surface area contributed by atoms with E-state index in [2.05, 4.69) is 61.8 Å². The van der Waals surface area contributed by atoms with Gasteiger partial charge in [0.1, 0.15) is 18.1 Å². The third-order valence-electron chi connectivity index (χ3n) is 11.1. The number of nitrogens with zero attached hydrogens (tertiary/aromatic N) is 6. The van der Waals surface area contributed by atoms with Crippen molar-refractivity contribution in [2.75, 3.05) is 45.8 Å². The Bertz CT molecular complexity index is 2380. The van der Waals surface area contributed by atoms with Gasteiger partial charge in [-0.2, -0.15) is 0 Å². The molecule has 1 aliphatic heterocycles. The number of aromatic amines is 3. The van der Waals surface area contributed by atoms with E-state index in [1.807, 2.05) is 0 Å². The average Bonchev–Trinajstić information content (AvgIpc) is 4.15. The van der Waals surface area contributed by atoms with Crippen LogP contribution >= 0.6 is 0 Å². The summed E-state index contributed by atoms with van der Waals surface area (Å²) in [7, 11) is 0. The van der Waals surface area contributed by atoms with Gasteiger partial charge in [-0.1, -0.05) is 6.07 Å². The minimum atomic E-state index is -1.05. The third-order valence-corrected chi connectivity index (χ3v) is 11.1. The molecule has 3 aromatic heterocycles. The maximum atomic E-state index is 14.1. The summed E-state index contributed by atoms with van der Waals surface area (Å²) >= 11 is 0. The van der Waals surface area contributed by atoms with E-state index in [0.717, 1.165) is 0 Å². The van der Waals surface area contributed by atoms with Gasteiger partial charge < -0.3 is 67.3 Å². The van der Waals surface area contributed by atoms with E-state index in [1.165, 1.54) is 85.2 Å². The van der Waals surface area contributed by atoms with Gasteiger partial charge in [0.25, 0.3) is 0 Å². The second-order valence-corrected chi connectivity index (χ2v) is 16.9. The molecule has 4 aromatic rings. The van der Waals surface area contributed by atoms with Crippen LogP contribution in [0, 0.1) is 0 Å². The number of benzene rings is 1. The zero-order chi connectivity index (χ0) is 51.5. The molecule has 0 fully saturated rings. The van der Waals surface area contributed by atoms with Crippen LogP contribution in [0.3, 0.4) is 0 Å². The van der Waals surface area contributed by atoms with Gasteiger partial charge in [-0.15, -0.1) is 0 Å². The highest BCUT2D eigenvalue weighted by atomic mass is 16.2. The predicted molar refractivity (Wildman–Crippen MR) is 250 cm³/mol. The number of hydrogen-bond donors (Lipinski definition) is 10. The highest BCUT2D eigenvalue weighted by molar-refractivity contribution is 5.94. The van der Waals surface area contributed by atoms with Gasteiger partial charge in [0.15, 0.2) is 0 Å². The number of carbonyl (C=O) groups excluding carboxylic acids is 10. The molecule has 2 bridgehead atoms. The molecule has 26 heteroatoms. The molecular weight excluding hydrogens is 925 g/mol. The second-order valence-electron chi connectivity index (χ2n) is 16.9. The van der Waals surface area contributed by atoms with Gasteiger partial charge in [0, 0.05) is 121 Å². The number of aromatic nitrogens is 6. The van der Waals surface area contributed by atoms with E-state index in [1.54, 1.807) is 6.07 Å². The molecule has 11 N–H and O–H groups in total. The first kappa shape index (κ1) is 53.5. The molecule has 0 radical (unpaired) electrons. The van der Waals surface area contributed by atoms with Crippen molar-refractivity contribution >= 4 is 59.1 Å². The number of rotatable bonds is 19. The Morgan fingerprint density at radius 1 is 0.521 bits per heavy atom. The van der Waals surface area contributed by atoms with Crippen molar-refractivity contribution in [3.63, 3.8) is 0 Å². The quantitative estimate of drug-likeness (QED) is 0.0444. The van der Waals surface area contributed by atoms with Gasteiger partial charge in [-0.3, -0.25) is 47.9 Å². The SMILES string of the molecule is CC(=O)N[C@@H](Cc1cnc[nH]1)C(=O)NCC(=O)N1CCCN(C(=O)CNC(=O)[C@H](Cc2cnc[nH]2)NC(C)=O)Cc2cc(cc(C(N)=O)c2)CN(C(=O)CNC(=O)[C@H](Cc2cnc[nH]2)NC(C)=O)CCC1. The molecule has 5 rings (SSSR count). The Morgan fingerprint density at radius 3 is 1.14 bits per heavy atom. The molecule has 71 heavy (non-hydrogen) atoms. The molecular formula is C45H60N16O10. The fraction of sp³-hybridized carbons (Fsp3) is 0.444. The summed E-state index contributed by atoms with van der Waals surface area (Å²) in [6.07, 6.45) is 9.33. The maximum Gasteiger partial charge on any atom is 0.248 e. The van der Waals surface area contributed by atoms with Crippen LogP contribution in [0.25, 0.3) is 0 Å². The van der Waals surface area contributed by atoms with Gasteiger partial charge in [-0.25, -0.2) is 15.0 Å². The van der Waals surface area contributed by atoms with E-state index >= 15 is 0 Å². The Labute approximate surface area is 407 Å². The minimum Gasteiger partial charge on any atom is -0.366 e. The van der Waals surface area contributed by atoms with Crippen LogP contribution in [0.1, 0.15) is 72.2 Å². The highest BCUT2D eigenvalue weighted by Crippen LogP contribution is 2.17. The van der Waals surface area contributed by atoms with E-state index in [-0.39, 0.29) is 76.9 Å². The van der Waals surface area contributed by atoms with Crippen LogP contribution in [0.15, 0.2) is 55.8 Å². The smallest absolute Gasteiger partial charge is 0.248 e. The summed E-state index contributed by atoms with van der Waals surface area (Å²) in [6.45, 7) is 2.28. The lowest BCUT2D eigenvalue weighted by Crippen LogP contribution is -2.51. The topological polar surface area (TPSA) is 365 Å². The molecule has 4 heterocycles. The van der Waals surface area contributed by atoms with Crippen molar-refractivity contribution < 1.29 is 47.9 Å². The number of fused-ring (bicyclic) bond motifs is 2. The minimum absolute atomic E-state index is 0.0448. The van der Waals surface area contributed by atoms with E-state index in [4.69, 9.17) is 5.73 Å². The fourth-order valence-corrected chi connectivity index (χ4v) is 7.78. The number of H-pyrrole nitrogens is 3. The lowest BCUT2D eigenvalue weighted by atomic mass is 10.0. The molecule has 0 unspecified atom stereocenters. The van der Waals surface area contributed by atoms with Crippen LogP contribution in [0.2, 0.25) is 0 Å². The second kappa shape index (κ2) is 26.3. The zero-order valence-corrected chi connectivity index (χ0v) is 39.7. The van der Waals surface area contributed by atoms with E-state index in [9.17, 15) is 47.9 Å². The van der Waals surface area contributed by atoms with Crippen LogP contribution < -0.4 is 37.6 Å². The van der Waals surface area contributed by atoms with Crippen molar-refractivity contribution in [2.24, 2.45) is 5.73 Å². The molecule has 10 amide bonds. The highest BCUT2D eigenvalue weighted by Gasteiger charge is 2.27. The van der Waals surface area contributed by atoms with Crippen LogP contribution in [0.5, 0.6) is 0 Å².